The van der Waals surface area contributed by atoms with E-state index in [4.69, 9.17) is 14.4 Å². The van der Waals surface area contributed by atoms with Crippen molar-refractivity contribution >= 4 is 7.69 Å². The van der Waals surface area contributed by atoms with E-state index >= 15 is 0 Å². The molecule has 0 aromatic heterocycles. The minimum atomic E-state index is 0.552. The number of rotatable bonds is 5. The monoisotopic (exact) mass is 191 g/mol. The molecule has 1 aromatic rings. The molecule has 0 bridgehead atoms. The Labute approximate surface area is 84.0 Å². The van der Waals surface area contributed by atoms with Crippen LogP contribution in [0.5, 0.6) is 11.5 Å². The Morgan fingerprint density at radius 1 is 1.29 bits per heavy atom. The normalized spacial score (nSPS) is 14.9. The standard InChI is InChI=1S/C10H12BO3/c12-11-14-10-4-2-1-3-9(10)13-7-8-5-6-8/h1-4,8,12H,5-7H2. The van der Waals surface area contributed by atoms with Crippen LogP contribution in [-0.4, -0.2) is 19.3 Å². The Balaban J connectivity index is 1.97. The van der Waals surface area contributed by atoms with Gasteiger partial charge in [-0.2, -0.15) is 0 Å². The van der Waals surface area contributed by atoms with Crippen LogP contribution < -0.4 is 9.39 Å². The highest BCUT2D eigenvalue weighted by molar-refractivity contribution is 6.17. The Hall–Kier alpha value is -1.16. The first-order chi connectivity index (χ1) is 6.90. The minimum absolute atomic E-state index is 0.552. The zero-order chi connectivity index (χ0) is 9.80. The molecule has 3 nitrogen and oxygen atoms in total. The third kappa shape index (κ3) is 2.42. The molecule has 0 spiro atoms. The van der Waals surface area contributed by atoms with Crippen molar-refractivity contribution in [3.05, 3.63) is 24.3 Å². The summed E-state index contributed by atoms with van der Waals surface area (Å²) < 4.78 is 10.5. The van der Waals surface area contributed by atoms with Crippen LogP contribution in [0.1, 0.15) is 12.8 Å². The summed E-state index contributed by atoms with van der Waals surface area (Å²) in [6, 6.07) is 7.31. The van der Waals surface area contributed by atoms with Crippen molar-refractivity contribution < 1.29 is 14.4 Å². The van der Waals surface area contributed by atoms with Crippen molar-refractivity contribution in [3.8, 4) is 11.5 Å². The van der Waals surface area contributed by atoms with Gasteiger partial charge >= 0.3 is 7.69 Å². The molecule has 1 aliphatic rings. The molecule has 2 rings (SSSR count). The first-order valence-corrected chi connectivity index (χ1v) is 4.74. The van der Waals surface area contributed by atoms with Gasteiger partial charge in [0.15, 0.2) is 5.75 Å². The second-order valence-electron chi connectivity index (χ2n) is 3.42. The largest absolute Gasteiger partial charge is 0.569 e. The quantitative estimate of drug-likeness (QED) is 0.714. The van der Waals surface area contributed by atoms with Crippen LogP contribution in [0.15, 0.2) is 24.3 Å². The van der Waals surface area contributed by atoms with Crippen molar-refractivity contribution in [3.63, 3.8) is 0 Å². The highest BCUT2D eigenvalue weighted by Gasteiger charge is 2.22. The van der Waals surface area contributed by atoms with E-state index in [-0.39, 0.29) is 0 Å². The lowest BCUT2D eigenvalue weighted by molar-refractivity contribution is 0.289. The van der Waals surface area contributed by atoms with Crippen molar-refractivity contribution in [2.75, 3.05) is 6.61 Å². The Morgan fingerprint density at radius 2 is 2.00 bits per heavy atom. The van der Waals surface area contributed by atoms with Gasteiger partial charge < -0.3 is 14.4 Å². The number of hydrogen-bond donors (Lipinski definition) is 1. The number of benzene rings is 1. The van der Waals surface area contributed by atoms with Crippen LogP contribution in [0.2, 0.25) is 0 Å². The minimum Gasteiger partial charge on any atom is -0.535 e. The maximum absolute atomic E-state index is 8.53. The van der Waals surface area contributed by atoms with Gasteiger partial charge in [0.25, 0.3) is 0 Å². The SMILES string of the molecule is O[B]Oc1ccccc1OCC1CC1. The molecule has 0 saturated heterocycles. The Kier molecular flexibility index (Phi) is 2.94. The molecule has 1 fully saturated rings. The summed E-state index contributed by atoms with van der Waals surface area (Å²) in [5.41, 5.74) is 0. The van der Waals surface area contributed by atoms with Crippen molar-refractivity contribution in [2.24, 2.45) is 5.92 Å². The van der Waals surface area contributed by atoms with E-state index in [0.29, 0.717) is 25.1 Å². The van der Waals surface area contributed by atoms with E-state index < -0.39 is 0 Å². The van der Waals surface area contributed by atoms with Crippen molar-refractivity contribution in [1.82, 2.24) is 0 Å². The lowest BCUT2D eigenvalue weighted by Crippen LogP contribution is -2.04. The summed E-state index contributed by atoms with van der Waals surface area (Å²) in [7, 11) is 0.666. The van der Waals surface area contributed by atoms with Gasteiger partial charge in [-0.3, -0.25) is 0 Å². The van der Waals surface area contributed by atoms with Crippen LogP contribution in [0.25, 0.3) is 0 Å². The molecule has 0 amide bonds. The molecule has 1 N–H and O–H groups in total. The van der Waals surface area contributed by atoms with E-state index in [1.807, 2.05) is 18.2 Å². The van der Waals surface area contributed by atoms with Gasteiger partial charge in [-0.15, -0.1) is 0 Å². The number of hydrogen-bond acceptors (Lipinski definition) is 3. The summed E-state index contributed by atoms with van der Waals surface area (Å²) in [6.45, 7) is 0.742. The van der Waals surface area contributed by atoms with E-state index in [0.717, 1.165) is 6.61 Å². The average Bonchev–Trinajstić information content (AvgIpc) is 3.01. The molecule has 1 aliphatic carbocycles. The smallest absolute Gasteiger partial charge is 0.535 e. The molecule has 73 valence electrons. The summed E-state index contributed by atoms with van der Waals surface area (Å²) >= 11 is 0. The Morgan fingerprint density at radius 3 is 2.64 bits per heavy atom. The second kappa shape index (κ2) is 4.37. The van der Waals surface area contributed by atoms with E-state index in [2.05, 4.69) is 0 Å². The first kappa shape index (κ1) is 9.40. The maximum Gasteiger partial charge on any atom is 0.569 e. The van der Waals surface area contributed by atoms with Gasteiger partial charge in [-0.05, 0) is 30.9 Å². The summed E-state index contributed by atoms with van der Waals surface area (Å²) in [6.07, 6.45) is 2.52. The van der Waals surface area contributed by atoms with Gasteiger partial charge in [-0.25, -0.2) is 0 Å². The molecule has 0 atom stereocenters. The molecule has 1 aromatic carbocycles. The molecule has 4 heteroatoms. The third-order valence-electron chi connectivity index (χ3n) is 2.20. The third-order valence-corrected chi connectivity index (χ3v) is 2.20. The fourth-order valence-electron chi connectivity index (χ4n) is 1.22. The zero-order valence-corrected chi connectivity index (χ0v) is 7.85. The van der Waals surface area contributed by atoms with E-state index in [9.17, 15) is 0 Å². The fourth-order valence-corrected chi connectivity index (χ4v) is 1.22. The molecule has 1 radical (unpaired) electrons. The van der Waals surface area contributed by atoms with Crippen LogP contribution in [-0.2, 0) is 0 Å². The second-order valence-corrected chi connectivity index (χ2v) is 3.42. The predicted molar refractivity (Wildman–Crippen MR) is 53.3 cm³/mol. The average molecular weight is 191 g/mol. The summed E-state index contributed by atoms with van der Waals surface area (Å²) in [4.78, 5) is 0. The summed E-state index contributed by atoms with van der Waals surface area (Å²) in [5, 5.41) is 8.53. The van der Waals surface area contributed by atoms with Gasteiger partial charge in [0.2, 0.25) is 0 Å². The highest BCUT2D eigenvalue weighted by atomic mass is 16.5. The maximum atomic E-state index is 8.53. The zero-order valence-electron chi connectivity index (χ0n) is 7.85. The van der Waals surface area contributed by atoms with Crippen LogP contribution >= 0.6 is 0 Å². The Bertz CT molecular complexity index is 299. The van der Waals surface area contributed by atoms with E-state index in [1.54, 1.807) is 6.07 Å². The first-order valence-electron chi connectivity index (χ1n) is 4.74. The van der Waals surface area contributed by atoms with E-state index in [1.165, 1.54) is 12.8 Å². The molecule has 0 aliphatic heterocycles. The van der Waals surface area contributed by atoms with Crippen LogP contribution in [0, 0.1) is 5.92 Å². The van der Waals surface area contributed by atoms with Crippen LogP contribution in [0.4, 0.5) is 0 Å². The molecule has 0 heterocycles. The highest BCUT2D eigenvalue weighted by Crippen LogP contribution is 2.32. The van der Waals surface area contributed by atoms with Gasteiger partial charge in [0.05, 0.1) is 6.61 Å². The van der Waals surface area contributed by atoms with Gasteiger partial charge in [0, 0.05) is 0 Å². The number of ether oxygens (including phenoxy) is 1. The topological polar surface area (TPSA) is 38.7 Å². The lowest BCUT2D eigenvalue weighted by Gasteiger charge is -2.10. The lowest BCUT2D eigenvalue weighted by atomic mass is 10.3. The van der Waals surface area contributed by atoms with Gasteiger partial charge in [-0.1, -0.05) is 12.1 Å². The van der Waals surface area contributed by atoms with Crippen molar-refractivity contribution in [1.29, 1.82) is 0 Å². The molecular weight excluding hydrogens is 179 g/mol. The molecular formula is C10H12BO3. The predicted octanol–water partition coefficient (Wildman–Crippen LogP) is 1.38. The van der Waals surface area contributed by atoms with Gasteiger partial charge in [0.1, 0.15) is 5.75 Å². The molecule has 14 heavy (non-hydrogen) atoms. The number of para-hydroxylation sites is 2. The van der Waals surface area contributed by atoms with Crippen molar-refractivity contribution in [2.45, 2.75) is 12.8 Å². The van der Waals surface area contributed by atoms with Crippen LogP contribution in [0.3, 0.4) is 0 Å². The molecule has 0 unspecified atom stereocenters. The molecule has 1 saturated carbocycles. The fraction of sp³-hybridized carbons (Fsp3) is 0.400. The summed E-state index contributed by atoms with van der Waals surface area (Å²) in [5.74, 6) is 1.95.